The Labute approximate surface area is 139 Å². The smallest absolute Gasteiger partial charge is 0.306 e. The number of hydrogen-bond acceptors (Lipinski definition) is 4. The van der Waals surface area contributed by atoms with Gasteiger partial charge in [-0.1, -0.05) is 17.7 Å². The molecule has 1 saturated heterocycles. The SMILES string of the molecule is Cc1ccc(Cl)c(O[C@H](C)C(=O)N2CCO[C@H](CC(=O)O)C2)c1. The van der Waals surface area contributed by atoms with Crippen LogP contribution in [0.4, 0.5) is 0 Å². The number of carboxylic acids is 1. The molecular weight excluding hydrogens is 322 g/mol. The molecule has 1 aliphatic heterocycles. The van der Waals surface area contributed by atoms with Crippen LogP contribution in [-0.4, -0.2) is 53.8 Å². The zero-order valence-corrected chi connectivity index (χ0v) is 13.9. The fourth-order valence-corrected chi connectivity index (χ4v) is 2.60. The van der Waals surface area contributed by atoms with Crippen molar-refractivity contribution in [2.45, 2.75) is 32.5 Å². The van der Waals surface area contributed by atoms with E-state index in [9.17, 15) is 9.59 Å². The number of ether oxygens (including phenoxy) is 2. The summed E-state index contributed by atoms with van der Waals surface area (Å²) >= 11 is 6.08. The number of carbonyl (C=O) groups excluding carboxylic acids is 1. The molecule has 0 bridgehead atoms. The van der Waals surface area contributed by atoms with Crippen LogP contribution in [-0.2, 0) is 14.3 Å². The number of aliphatic carboxylic acids is 1. The molecule has 1 amide bonds. The molecule has 6 nitrogen and oxygen atoms in total. The maximum atomic E-state index is 12.5. The molecule has 2 atom stereocenters. The van der Waals surface area contributed by atoms with Crippen molar-refractivity contribution in [3.05, 3.63) is 28.8 Å². The lowest BCUT2D eigenvalue weighted by Crippen LogP contribution is -2.50. The number of carboxylic acid groups (broad SMARTS) is 1. The van der Waals surface area contributed by atoms with Gasteiger partial charge < -0.3 is 19.5 Å². The number of aryl methyl sites for hydroxylation is 1. The summed E-state index contributed by atoms with van der Waals surface area (Å²) in [7, 11) is 0. The fourth-order valence-electron chi connectivity index (χ4n) is 2.44. The van der Waals surface area contributed by atoms with E-state index < -0.39 is 18.2 Å². The van der Waals surface area contributed by atoms with Crippen LogP contribution in [0.5, 0.6) is 5.75 Å². The Bertz CT molecular complexity index is 592. The van der Waals surface area contributed by atoms with Crippen LogP contribution in [0, 0.1) is 6.92 Å². The summed E-state index contributed by atoms with van der Waals surface area (Å²) in [6.45, 7) is 4.56. The van der Waals surface area contributed by atoms with Gasteiger partial charge in [0.15, 0.2) is 6.10 Å². The third-order valence-corrected chi connectivity index (χ3v) is 3.90. The van der Waals surface area contributed by atoms with Gasteiger partial charge in [0.2, 0.25) is 0 Å². The highest BCUT2D eigenvalue weighted by Crippen LogP contribution is 2.26. The van der Waals surface area contributed by atoms with Gasteiger partial charge in [-0.3, -0.25) is 9.59 Å². The molecule has 1 aliphatic rings. The average Bonchev–Trinajstić information content (AvgIpc) is 2.49. The molecule has 1 N–H and O–H groups in total. The number of amides is 1. The standard InChI is InChI=1S/C16H20ClNO5/c1-10-3-4-13(17)14(7-10)23-11(2)16(21)18-5-6-22-12(9-18)8-15(19)20/h3-4,7,11-12H,5-6,8-9H2,1-2H3,(H,19,20)/t11-,12-/m1/s1. The highest BCUT2D eigenvalue weighted by molar-refractivity contribution is 6.32. The number of morpholine rings is 1. The Morgan fingerprint density at radius 2 is 2.26 bits per heavy atom. The van der Waals surface area contributed by atoms with Crippen molar-refractivity contribution in [3.63, 3.8) is 0 Å². The number of nitrogens with zero attached hydrogens (tertiary/aromatic N) is 1. The summed E-state index contributed by atoms with van der Waals surface area (Å²) < 4.78 is 11.0. The van der Waals surface area contributed by atoms with Gasteiger partial charge in [-0.05, 0) is 31.5 Å². The van der Waals surface area contributed by atoms with Crippen LogP contribution in [0.15, 0.2) is 18.2 Å². The van der Waals surface area contributed by atoms with E-state index in [-0.39, 0.29) is 18.9 Å². The number of benzene rings is 1. The van der Waals surface area contributed by atoms with Crippen LogP contribution >= 0.6 is 11.6 Å². The minimum atomic E-state index is -0.944. The Hall–Kier alpha value is -1.79. The predicted molar refractivity (Wildman–Crippen MR) is 84.9 cm³/mol. The van der Waals surface area contributed by atoms with Crippen molar-refractivity contribution in [2.24, 2.45) is 0 Å². The number of rotatable bonds is 5. The van der Waals surface area contributed by atoms with E-state index in [1.807, 2.05) is 13.0 Å². The van der Waals surface area contributed by atoms with Crippen LogP contribution < -0.4 is 4.74 Å². The van der Waals surface area contributed by atoms with E-state index in [0.29, 0.717) is 23.9 Å². The predicted octanol–water partition coefficient (Wildman–Crippen LogP) is 2.12. The highest BCUT2D eigenvalue weighted by atomic mass is 35.5. The quantitative estimate of drug-likeness (QED) is 0.887. The van der Waals surface area contributed by atoms with Crippen molar-refractivity contribution < 1.29 is 24.2 Å². The molecule has 126 valence electrons. The molecule has 0 spiro atoms. The van der Waals surface area contributed by atoms with Crippen LogP contribution in [0.25, 0.3) is 0 Å². The normalized spacial score (nSPS) is 19.3. The summed E-state index contributed by atoms with van der Waals surface area (Å²) in [6, 6.07) is 5.36. The number of halogens is 1. The molecule has 23 heavy (non-hydrogen) atoms. The second kappa shape index (κ2) is 7.66. The summed E-state index contributed by atoms with van der Waals surface area (Å²) in [5.74, 6) is -0.690. The third kappa shape index (κ3) is 4.84. The Kier molecular flexibility index (Phi) is 5.85. The molecule has 1 aromatic rings. The molecule has 1 fully saturated rings. The van der Waals surface area contributed by atoms with Gasteiger partial charge in [0.1, 0.15) is 5.75 Å². The lowest BCUT2D eigenvalue weighted by Gasteiger charge is -2.33. The van der Waals surface area contributed by atoms with E-state index in [0.717, 1.165) is 5.56 Å². The van der Waals surface area contributed by atoms with Crippen LogP contribution in [0.3, 0.4) is 0 Å². The lowest BCUT2D eigenvalue weighted by molar-refractivity contribution is -0.151. The molecule has 0 aliphatic carbocycles. The molecule has 0 saturated carbocycles. The van der Waals surface area contributed by atoms with Gasteiger partial charge in [-0.15, -0.1) is 0 Å². The minimum Gasteiger partial charge on any atom is -0.481 e. The Morgan fingerprint density at radius 3 is 2.96 bits per heavy atom. The van der Waals surface area contributed by atoms with E-state index in [1.54, 1.807) is 24.0 Å². The molecule has 0 radical (unpaired) electrons. The minimum absolute atomic E-state index is 0.122. The van der Waals surface area contributed by atoms with Crippen molar-refractivity contribution in [1.29, 1.82) is 0 Å². The third-order valence-electron chi connectivity index (χ3n) is 3.59. The zero-order chi connectivity index (χ0) is 17.0. The fraction of sp³-hybridized carbons (Fsp3) is 0.500. The summed E-state index contributed by atoms with van der Waals surface area (Å²) in [4.78, 5) is 24.8. The first-order valence-corrected chi connectivity index (χ1v) is 7.79. The van der Waals surface area contributed by atoms with Crippen molar-refractivity contribution >= 4 is 23.5 Å². The molecule has 0 unspecified atom stereocenters. The average molecular weight is 342 g/mol. The maximum Gasteiger partial charge on any atom is 0.306 e. The Balaban J connectivity index is 1.98. The summed E-state index contributed by atoms with van der Waals surface area (Å²) in [6.07, 6.45) is -1.32. The number of carbonyl (C=O) groups is 2. The summed E-state index contributed by atoms with van der Waals surface area (Å²) in [5, 5.41) is 9.27. The highest BCUT2D eigenvalue weighted by Gasteiger charge is 2.29. The van der Waals surface area contributed by atoms with E-state index >= 15 is 0 Å². The number of hydrogen-bond donors (Lipinski definition) is 1. The summed E-state index contributed by atoms with van der Waals surface area (Å²) in [5.41, 5.74) is 0.983. The first kappa shape index (κ1) is 17.6. The van der Waals surface area contributed by atoms with Crippen molar-refractivity contribution in [1.82, 2.24) is 4.90 Å². The molecule has 0 aromatic heterocycles. The largest absolute Gasteiger partial charge is 0.481 e. The molecule has 1 aromatic carbocycles. The Morgan fingerprint density at radius 1 is 1.52 bits per heavy atom. The second-order valence-electron chi connectivity index (χ2n) is 5.57. The van der Waals surface area contributed by atoms with Gasteiger partial charge >= 0.3 is 5.97 Å². The van der Waals surface area contributed by atoms with Crippen molar-refractivity contribution in [2.75, 3.05) is 19.7 Å². The van der Waals surface area contributed by atoms with Crippen molar-refractivity contribution in [3.8, 4) is 5.75 Å². The lowest BCUT2D eigenvalue weighted by atomic mass is 10.2. The molecular formula is C16H20ClNO5. The second-order valence-corrected chi connectivity index (χ2v) is 5.98. The van der Waals surface area contributed by atoms with Crippen LogP contribution in [0.2, 0.25) is 5.02 Å². The zero-order valence-electron chi connectivity index (χ0n) is 13.1. The van der Waals surface area contributed by atoms with Crippen LogP contribution in [0.1, 0.15) is 18.9 Å². The first-order chi connectivity index (χ1) is 10.9. The van der Waals surface area contributed by atoms with Gasteiger partial charge in [0.05, 0.1) is 24.2 Å². The van der Waals surface area contributed by atoms with Gasteiger partial charge in [-0.2, -0.15) is 0 Å². The van der Waals surface area contributed by atoms with E-state index in [2.05, 4.69) is 0 Å². The van der Waals surface area contributed by atoms with Gasteiger partial charge in [-0.25, -0.2) is 0 Å². The molecule has 7 heteroatoms. The maximum absolute atomic E-state index is 12.5. The van der Waals surface area contributed by atoms with E-state index in [4.69, 9.17) is 26.2 Å². The van der Waals surface area contributed by atoms with Gasteiger partial charge in [0.25, 0.3) is 5.91 Å². The monoisotopic (exact) mass is 341 g/mol. The van der Waals surface area contributed by atoms with Gasteiger partial charge in [0, 0.05) is 13.1 Å². The van der Waals surface area contributed by atoms with E-state index in [1.165, 1.54) is 0 Å². The molecule has 1 heterocycles. The molecule has 2 rings (SSSR count). The first-order valence-electron chi connectivity index (χ1n) is 7.42. The topological polar surface area (TPSA) is 76.1 Å².